The molecule has 0 bridgehead atoms. The van der Waals surface area contributed by atoms with E-state index in [-0.39, 0.29) is 11.7 Å². The highest BCUT2D eigenvalue weighted by atomic mass is 16.5. The van der Waals surface area contributed by atoms with E-state index < -0.39 is 0 Å². The second-order valence-corrected chi connectivity index (χ2v) is 6.03. The number of hydrogen-bond acceptors (Lipinski definition) is 3. The second kappa shape index (κ2) is 9.02. The molecule has 3 heteroatoms. The van der Waals surface area contributed by atoms with E-state index in [1.54, 1.807) is 19.5 Å². The number of rotatable bonds is 8. The summed E-state index contributed by atoms with van der Waals surface area (Å²) in [6.07, 6.45) is 7.88. The zero-order valence-electron chi connectivity index (χ0n) is 14.7. The summed E-state index contributed by atoms with van der Waals surface area (Å²) < 4.78 is 5.36. The maximum atomic E-state index is 12.5. The number of Topliss-reactive ketones (excluding diaryl/α,β-unsaturated/α-hetero) is 1. The summed E-state index contributed by atoms with van der Waals surface area (Å²) in [7, 11) is 1.69. The van der Waals surface area contributed by atoms with Gasteiger partial charge in [0, 0.05) is 30.8 Å². The Morgan fingerprint density at radius 3 is 2.29 bits per heavy atom. The van der Waals surface area contributed by atoms with E-state index in [1.165, 1.54) is 0 Å². The Morgan fingerprint density at radius 2 is 1.71 bits per heavy atom. The highest BCUT2D eigenvalue weighted by Crippen LogP contribution is 2.22. The number of carbonyl (C=O) groups excluding carboxylic acids is 1. The molecule has 0 saturated heterocycles. The summed E-state index contributed by atoms with van der Waals surface area (Å²) in [6, 6.07) is 11.7. The number of ether oxygens (including phenoxy) is 1. The van der Waals surface area contributed by atoms with E-state index in [9.17, 15) is 4.79 Å². The van der Waals surface area contributed by atoms with Crippen LogP contribution in [0.25, 0.3) is 11.1 Å². The van der Waals surface area contributed by atoms with Gasteiger partial charge in [-0.2, -0.15) is 0 Å². The van der Waals surface area contributed by atoms with E-state index in [1.807, 2.05) is 36.4 Å². The van der Waals surface area contributed by atoms with Crippen LogP contribution < -0.4 is 0 Å². The lowest BCUT2D eigenvalue weighted by molar-refractivity contribution is 0.0961. The molecule has 0 spiro atoms. The van der Waals surface area contributed by atoms with Crippen molar-refractivity contribution in [3.63, 3.8) is 0 Å². The Morgan fingerprint density at radius 1 is 1.08 bits per heavy atom. The monoisotopic (exact) mass is 323 g/mol. The molecule has 0 aliphatic carbocycles. The lowest BCUT2D eigenvalue weighted by atomic mass is 9.95. The average Bonchev–Trinajstić information content (AvgIpc) is 2.62. The maximum absolute atomic E-state index is 12.5. The summed E-state index contributed by atoms with van der Waals surface area (Å²) in [6.45, 7) is 4.17. The first-order valence-electron chi connectivity index (χ1n) is 8.40. The van der Waals surface area contributed by atoms with Crippen molar-refractivity contribution in [3.8, 4) is 11.1 Å². The molecule has 1 aromatic carbocycles. The number of methoxy groups -OCH3 is 1. The summed E-state index contributed by atoms with van der Waals surface area (Å²) >= 11 is 0. The molecule has 0 radical (unpaired) electrons. The van der Waals surface area contributed by atoms with Gasteiger partial charge in [-0.25, -0.2) is 0 Å². The highest BCUT2D eigenvalue weighted by molar-refractivity contribution is 5.96. The average molecular weight is 323 g/mol. The molecule has 1 atom stereocenters. The fourth-order valence-electron chi connectivity index (χ4n) is 2.72. The number of allylic oxidation sites excluding steroid dienone is 2. The summed E-state index contributed by atoms with van der Waals surface area (Å²) in [5.74, 6) is 1.40. The Bertz CT molecular complexity index is 675. The molecule has 0 aliphatic rings. The normalized spacial score (nSPS) is 12.7. The number of pyridine rings is 1. The third kappa shape index (κ3) is 5.05. The Kier molecular flexibility index (Phi) is 6.74. The molecule has 0 fully saturated rings. The molecule has 0 amide bonds. The van der Waals surface area contributed by atoms with Gasteiger partial charge >= 0.3 is 0 Å². The van der Waals surface area contributed by atoms with Crippen molar-refractivity contribution >= 4 is 5.78 Å². The lowest BCUT2D eigenvalue weighted by Crippen LogP contribution is -2.07. The molecule has 1 aromatic heterocycles. The van der Waals surface area contributed by atoms with E-state index in [0.717, 1.165) is 35.3 Å². The van der Waals surface area contributed by atoms with Crippen LogP contribution >= 0.6 is 0 Å². The van der Waals surface area contributed by atoms with Crippen molar-refractivity contribution in [1.29, 1.82) is 0 Å². The molecule has 0 N–H and O–H groups in total. The standard InChI is InChI=1S/C21H25NO2/c1-4-5-20(24-3)14-16(2)15-21(23)19-8-6-17(7-9-19)18-10-12-22-13-11-18/h5-13,16H,4,14-15H2,1-3H3. The molecule has 1 unspecified atom stereocenters. The van der Waals surface area contributed by atoms with Crippen molar-refractivity contribution < 1.29 is 9.53 Å². The predicted molar refractivity (Wildman–Crippen MR) is 97.8 cm³/mol. The van der Waals surface area contributed by atoms with Crippen molar-refractivity contribution in [1.82, 2.24) is 4.98 Å². The van der Waals surface area contributed by atoms with Crippen LogP contribution in [0, 0.1) is 5.92 Å². The van der Waals surface area contributed by atoms with Crippen LogP contribution in [0.15, 0.2) is 60.6 Å². The number of aromatic nitrogens is 1. The second-order valence-electron chi connectivity index (χ2n) is 6.03. The number of ketones is 1. The molecular weight excluding hydrogens is 298 g/mol. The lowest BCUT2D eigenvalue weighted by Gasteiger charge is -2.13. The van der Waals surface area contributed by atoms with Gasteiger partial charge in [0.25, 0.3) is 0 Å². The van der Waals surface area contributed by atoms with Crippen molar-refractivity contribution in [3.05, 3.63) is 66.2 Å². The van der Waals surface area contributed by atoms with Gasteiger partial charge in [0.05, 0.1) is 12.9 Å². The summed E-state index contributed by atoms with van der Waals surface area (Å²) in [4.78, 5) is 16.5. The van der Waals surface area contributed by atoms with Crippen LogP contribution in [0.5, 0.6) is 0 Å². The van der Waals surface area contributed by atoms with E-state index in [2.05, 4.69) is 24.9 Å². The van der Waals surface area contributed by atoms with Crippen molar-refractivity contribution in [2.45, 2.75) is 33.1 Å². The van der Waals surface area contributed by atoms with Gasteiger partial charge < -0.3 is 4.74 Å². The molecule has 0 aliphatic heterocycles. The third-order valence-electron chi connectivity index (χ3n) is 4.00. The molecular formula is C21H25NO2. The molecule has 24 heavy (non-hydrogen) atoms. The summed E-state index contributed by atoms with van der Waals surface area (Å²) in [5, 5.41) is 0. The minimum atomic E-state index is 0.177. The van der Waals surface area contributed by atoms with Crippen LogP contribution in [0.3, 0.4) is 0 Å². The SMILES string of the molecule is CCC=C(CC(C)CC(=O)c1ccc(-c2ccncc2)cc1)OC. The zero-order chi connectivity index (χ0) is 17.4. The van der Waals surface area contributed by atoms with Gasteiger partial charge in [-0.05, 0) is 41.7 Å². The van der Waals surface area contributed by atoms with Crippen molar-refractivity contribution in [2.75, 3.05) is 7.11 Å². The minimum absolute atomic E-state index is 0.177. The first-order valence-corrected chi connectivity index (χ1v) is 8.40. The van der Waals surface area contributed by atoms with Gasteiger partial charge in [-0.15, -0.1) is 0 Å². The van der Waals surface area contributed by atoms with Gasteiger partial charge in [0.2, 0.25) is 0 Å². The minimum Gasteiger partial charge on any atom is -0.501 e. The first kappa shape index (κ1) is 17.9. The van der Waals surface area contributed by atoms with E-state index in [0.29, 0.717) is 6.42 Å². The van der Waals surface area contributed by atoms with Crippen molar-refractivity contribution in [2.24, 2.45) is 5.92 Å². The Hall–Kier alpha value is -2.42. The van der Waals surface area contributed by atoms with Crippen LogP contribution in [0.1, 0.15) is 43.5 Å². The van der Waals surface area contributed by atoms with Crippen LogP contribution in [0.4, 0.5) is 0 Å². The molecule has 0 saturated carbocycles. The molecule has 1 heterocycles. The number of nitrogens with zero attached hydrogens (tertiary/aromatic N) is 1. The number of carbonyl (C=O) groups is 1. The molecule has 126 valence electrons. The van der Waals surface area contributed by atoms with Crippen LogP contribution in [-0.2, 0) is 4.74 Å². The van der Waals surface area contributed by atoms with Crippen LogP contribution in [-0.4, -0.2) is 17.9 Å². The van der Waals surface area contributed by atoms with E-state index in [4.69, 9.17) is 4.74 Å². The first-order chi connectivity index (χ1) is 11.6. The van der Waals surface area contributed by atoms with Gasteiger partial charge in [-0.3, -0.25) is 9.78 Å². The quantitative estimate of drug-likeness (QED) is 0.489. The highest BCUT2D eigenvalue weighted by Gasteiger charge is 2.13. The smallest absolute Gasteiger partial charge is 0.163 e. The number of hydrogen-bond donors (Lipinski definition) is 0. The van der Waals surface area contributed by atoms with Gasteiger partial charge in [0.15, 0.2) is 5.78 Å². The zero-order valence-corrected chi connectivity index (χ0v) is 14.7. The van der Waals surface area contributed by atoms with Gasteiger partial charge in [-0.1, -0.05) is 38.1 Å². The Balaban J connectivity index is 1.99. The van der Waals surface area contributed by atoms with E-state index >= 15 is 0 Å². The largest absolute Gasteiger partial charge is 0.501 e. The maximum Gasteiger partial charge on any atom is 0.163 e. The Labute approximate surface area is 144 Å². The fourth-order valence-corrected chi connectivity index (χ4v) is 2.72. The number of benzene rings is 1. The fraction of sp³-hybridized carbons (Fsp3) is 0.333. The van der Waals surface area contributed by atoms with Crippen LogP contribution in [0.2, 0.25) is 0 Å². The molecule has 2 rings (SSSR count). The molecule has 3 nitrogen and oxygen atoms in total. The van der Waals surface area contributed by atoms with Gasteiger partial charge in [0.1, 0.15) is 0 Å². The predicted octanol–water partition coefficient (Wildman–Crippen LogP) is 5.29. The topological polar surface area (TPSA) is 39.2 Å². The third-order valence-corrected chi connectivity index (χ3v) is 4.00. The summed E-state index contributed by atoms with van der Waals surface area (Å²) in [5.41, 5.74) is 2.96. The molecule has 2 aromatic rings.